The molecule has 0 saturated heterocycles. The van der Waals surface area contributed by atoms with Crippen molar-refractivity contribution in [2.45, 2.75) is 38.2 Å². The summed E-state index contributed by atoms with van der Waals surface area (Å²) < 4.78 is 0. The van der Waals surface area contributed by atoms with E-state index >= 15 is 0 Å². The number of alkyl halides is 1. The number of hydrogen-bond donors (Lipinski definition) is 1. The van der Waals surface area contributed by atoms with E-state index in [-0.39, 0.29) is 5.38 Å². The summed E-state index contributed by atoms with van der Waals surface area (Å²) in [5.74, 6) is 0. The minimum atomic E-state index is -1.05. The fourth-order valence-corrected chi connectivity index (χ4v) is 1.23. The first-order chi connectivity index (χ1) is 5.90. The van der Waals surface area contributed by atoms with Crippen LogP contribution in [-0.4, -0.2) is 16.1 Å². The van der Waals surface area contributed by atoms with Crippen molar-refractivity contribution in [2.75, 3.05) is 0 Å². The van der Waals surface area contributed by atoms with Crippen LogP contribution >= 0.6 is 23.2 Å². The van der Waals surface area contributed by atoms with Crippen LogP contribution in [0.2, 0.25) is 0 Å². The summed E-state index contributed by atoms with van der Waals surface area (Å²) >= 11 is 11.4. The maximum Gasteiger partial charge on any atom is 0.0977 e. The molecule has 0 fully saturated rings. The third-order valence-corrected chi connectivity index (χ3v) is 2.51. The molecule has 0 unspecified atom stereocenters. The van der Waals surface area contributed by atoms with Crippen LogP contribution in [0.25, 0.3) is 0 Å². The van der Waals surface area contributed by atoms with Gasteiger partial charge in [-0.15, -0.1) is 11.6 Å². The zero-order chi connectivity index (χ0) is 10.5. The quantitative estimate of drug-likeness (QED) is 0.571. The van der Waals surface area contributed by atoms with E-state index in [4.69, 9.17) is 23.2 Å². The van der Waals surface area contributed by atoms with E-state index in [0.717, 1.165) is 0 Å². The van der Waals surface area contributed by atoms with E-state index in [0.29, 0.717) is 6.42 Å². The summed E-state index contributed by atoms with van der Waals surface area (Å²) in [6.07, 6.45) is 4.12. The molecule has 3 heteroatoms. The molecule has 0 aromatic heterocycles. The summed E-state index contributed by atoms with van der Waals surface area (Å²) in [6, 6.07) is 0. The van der Waals surface area contributed by atoms with E-state index < -0.39 is 5.60 Å². The third kappa shape index (κ3) is 5.35. The molecule has 0 aliphatic heterocycles. The molecule has 0 aromatic rings. The van der Waals surface area contributed by atoms with Gasteiger partial charge < -0.3 is 5.11 Å². The Morgan fingerprint density at radius 2 is 2.08 bits per heavy atom. The fourth-order valence-electron chi connectivity index (χ4n) is 0.810. The van der Waals surface area contributed by atoms with E-state index in [1.54, 1.807) is 6.92 Å². The van der Waals surface area contributed by atoms with Crippen molar-refractivity contribution in [2.24, 2.45) is 0 Å². The molecule has 1 nitrogen and oxygen atoms in total. The van der Waals surface area contributed by atoms with Crippen molar-refractivity contribution in [3.63, 3.8) is 0 Å². The standard InChI is InChI=1S/C10H16Cl2O/c1-8(2)4-5-9(12)10(3,13)6-7-11/h4,6-7,9,13H,5H2,1-3H3/b7-6+/t9-,10-/m1/s1. The smallest absolute Gasteiger partial charge is 0.0977 e. The molecule has 76 valence electrons. The van der Waals surface area contributed by atoms with Crippen LogP contribution in [0.4, 0.5) is 0 Å². The van der Waals surface area contributed by atoms with Gasteiger partial charge in [0, 0.05) is 5.54 Å². The van der Waals surface area contributed by atoms with Crippen LogP contribution < -0.4 is 0 Å². The van der Waals surface area contributed by atoms with Crippen LogP contribution in [0.5, 0.6) is 0 Å². The lowest BCUT2D eigenvalue weighted by Crippen LogP contribution is -2.32. The number of hydrogen-bond acceptors (Lipinski definition) is 1. The summed E-state index contributed by atoms with van der Waals surface area (Å²) in [5, 5.41) is 9.41. The normalized spacial score (nSPS) is 18.3. The van der Waals surface area contributed by atoms with Crippen molar-refractivity contribution < 1.29 is 5.11 Å². The summed E-state index contributed by atoms with van der Waals surface area (Å²) in [4.78, 5) is 0. The predicted molar refractivity (Wildman–Crippen MR) is 59.3 cm³/mol. The van der Waals surface area contributed by atoms with Gasteiger partial charge in [-0.25, -0.2) is 0 Å². The molecule has 0 spiro atoms. The molecule has 0 aromatic carbocycles. The average Bonchev–Trinajstić information content (AvgIpc) is 1.99. The first-order valence-corrected chi connectivity index (χ1v) is 5.05. The van der Waals surface area contributed by atoms with Gasteiger partial charge in [0.05, 0.1) is 11.0 Å². The maximum absolute atomic E-state index is 9.76. The fraction of sp³-hybridized carbons (Fsp3) is 0.600. The Labute approximate surface area is 90.0 Å². The van der Waals surface area contributed by atoms with Crippen molar-refractivity contribution in [3.05, 3.63) is 23.3 Å². The summed E-state index contributed by atoms with van der Waals surface area (Å²) in [7, 11) is 0. The highest BCUT2D eigenvalue weighted by Gasteiger charge is 2.26. The zero-order valence-electron chi connectivity index (χ0n) is 8.22. The molecule has 1 N–H and O–H groups in total. The van der Waals surface area contributed by atoms with Crippen molar-refractivity contribution >= 4 is 23.2 Å². The number of rotatable bonds is 4. The first-order valence-electron chi connectivity index (χ1n) is 4.18. The Bertz CT molecular complexity index is 203. The van der Waals surface area contributed by atoms with E-state index in [1.165, 1.54) is 17.2 Å². The van der Waals surface area contributed by atoms with Gasteiger partial charge in [0.1, 0.15) is 0 Å². The second kappa shape index (κ2) is 5.69. The maximum atomic E-state index is 9.76. The molecule has 0 aliphatic carbocycles. The molecule has 13 heavy (non-hydrogen) atoms. The molecule has 0 aliphatic rings. The number of allylic oxidation sites excluding steroid dienone is 2. The molecule has 0 amide bonds. The van der Waals surface area contributed by atoms with Gasteiger partial charge in [-0.05, 0) is 33.3 Å². The molecule has 0 bridgehead atoms. The molecule has 2 atom stereocenters. The lowest BCUT2D eigenvalue weighted by molar-refractivity contribution is 0.107. The van der Waals surface area contributed by atoms with E-state index in [9.17, 15) is 5.11 Å². The highest BCUT2D eigenvalue weighted by Crippen LogP contribution is 2.22. The van der Waals surface area contributed by atoms with Gasteiger partial charge in [-0.1, -0.05) is 23.3 Å². The number of halogens is 2. The largest absolute Gasteiger partial charge is 0.384 e. The Kier molecular flexibility index (Phi) is 5.70. The molecule has 0 rings (SSSR count). The molecule has 0 heterocycles. The Morgan fingerprint density at radius 3 is 2.46 bits per heavy atom. The zero-order valence-corrected chi connectivity index (χ0v) is 9.73. The molecular formula is C10H16Cl2O. The van der Waals surface area contributed by atoms with Gasteiger partial charge in [-0.2, -0.15) is 0 Å². The SMILES string of the molecule is CC(C)=CC[C@@H](Cl)[C@](C)(O)/C=C/Cl. The van der Waals surface area contributed by atoms with Gasteiger partial charge in [0.2, 0.25) is 0 Å². The van der Waals surface area contributed by atoms with E-state index in [1.807, 2.05) is 19.9 Å². The Balaban J connectivity index is 4.24. The van der Waals surface area contributed by atoms with Gasteiger partial charge >= 0.3 is 0 Å². The van der Waals surface area contributed by atoms with Gasteiger partial charge in [0.25, 0.3) is 0 Å². The van der Waals surface area contributed by atoms with Crippen molar-refractivity contribution in [1.29, 1.82) is 0 Å². The average molecular weight is 223 g/mol. The Hall–Kier alpha value is 0.0200. The summed E-state index contributed by atoms with van der Waals surface area (Å²) in [6.45, 7) is 5.63. The van der Waals surface area contributed by atoms with Gasteiger partial charge in [0.15, 0.2) is 0 Å². The van der Waals surface area contributed by atoms with Gasteiger partial charge in [-0.3, -0.25) is 0 Å². The number of aliphatic hydroxyl groups is 1. The minimum absolute atomic E-state index is 0.350. The topological polar surface area (TPSA) is 20.2 Å². The van der Waals surface area contributed by atoms with Crippen LogP contribution in [0.1, 0.15) is 27.2 Å². The van der Waals surface area contributed by atoms with Crippen molar-refractivity contribution in [3.8, 4) is 0 Å². The molecule has 0 saturated carbocycles. The lowest BCUT2D eigenvalue weighted by atomic mass is 9.99. The monoisotopic (exact) mass is 222 g/mol. The van der Waals surface area contributed by atoms with Crippen LogP contribution in [0.3, 0.4) is 0 Å². The minimum Gasteiger partial charge on any atom is -0.384 e. The predicted octanol–water partition coefficient (Wildman–Crippen LogP) is 3.45. The third-order valence-electron chi connectivity index (χ3n) is 1.77. The second-order valence-electron chi connectivity index (χ2n) is 3.50. The second-order valence-corrected chi connectivity index (χ2v) is 4.28. The van der Waals surface area contributed by atoms with Crippen LogP contribution in [0.15, 0.2) is 23.3 Å². The van der Waals surface area contributed by atoms with Crippen LogP contribution in [-0.2, 0) is 0 Å². The highest BCUT2D eigenvalue weighted by atomic mass is 35.5. The summed E-state index contributed by atoms with van der Waals surface area (Å²) in [5.41, 5.74) is 1.43. The molecule has 0 radical (unpaired) electrons. The first kappa shape index (κ1) is 13.0. The Morgan fingerprint density at radius 1 is 1.54 bits per heavy atom. The molecular weight excluding hydrogens is 207 g/mol. The lowest BCUT2D eigenvalue weighted by Gasteiger charge is -2.23. The highest BCUT2D eigenvalue weighted by molar-refractivity contribution is 6.25. The van der Waals surface area contributed by atoms with Crippen molar-refractivity contribution in [1.82, 2.24) is 0 Å². The van der Waals surface area contributed by atoms with E-state index in [2.05, 4.69) is 0 Å². The van der Waals surface area contributed by atoms with Crippen LogP contribution in [0, 0.1) is 0 Å².